The molecule has 7 heteroatoms. The molecule has 0 radical (unpaired) electrons. The van der Waals surface area contributed by atoms with Gasteiger partial charge in [-0.15, -0.1) is 11.3 Å². The van der Waals surface area contributed by atoms with E-state index in [4.69, 9.17) is 0 Å². The Balaban J connectivity index is 1.26. The Kier molecular flexibility index (Phi) is 5.50. The number of carbonyl (C=O) groups excluding carboxylic acids is 1. The van der Waals surface area contributed by atoms with Crippen LogP contribution in [0.1, 0.15) is 17.7 Å². The number of rotatable bonds is 5. The van der Waals surface area contributed by atoms with Crippen LogP contribution in [-0.4, -0.2) is 40.3 Å². The fraction of sp³-hybridized carbons (Fsp3) is 0.300. The van der Waals surface area contributed by atoms with Gasteiger partial charge in [-0.3, -0.25) is 10.00 Å². The molecule has 1 aromatic carbocycles. The van der Waals surface area contributed by atoms with Crippen LogP contribution in [0.5, 0.6) is 0 Å². The van der Waals surface area contributed by atoms with Crippen LogP contribution in [0.2, 0.25) is 0 Å². The standard InChI is InChI=1S/C20H23N5OS/c26-20(23-17-4-1-3-15(13-17)19-6-9-21-24-19)22-16-7-10-25(11-8-16)14-18-5-2-12-27-18/h1-6,9,12-13,16H,7-8,10-11,14H2,(H,21,24)(H2,22,23,26). The fourth-order valence-corrected chi connectivity index (χ4v) is 4.14. The van der Waals surface area contributed by atoms with Crippen LogP contribution in [-0.2, 0) is 6.54 Å². The quantitative estimate of drug-likeness (QED) is 0.627. The summed E-state index contributed by atoms with van der Waals surface area (Å²) < 4.78 is 0. The third-order valence-electron chi connectivity index (χ3n) is 4.81. The van der Waals surface area contributed by atoms with Gasteiger partial charge in [-0.05, 0) is 42.5 Å². The van der Waals surface area contributed by atoms with Gasteiger partial charge in [0.1, 0.15) is 0 Å². The van der Waals surface area contributed by atoms with Crippen molar-refractivity contribution in [3.05, 3.63) is 58.9 Å². The third kappa shape index (κ3) is 4.75. The lowest BCUT2D eigenvalue weighted by molar-refractivity contribution is 0.191. The van der Waals surface area contributed by atoms with Crippen LogP contribution in [0.4, 0.5) is 10.5 Å². The molecule has 2 amide bonds. The largest absolute Gasteiger partial charge is 0.335 e. The lowest BCUT2D eigenvalue weighted by atomic mass is 10.1. The molecule has 1 aliphatic heterocycles. The molecule has 0 spiro atoms. The number of carbonyl (C=O) groups is 1. The molecule has 140 valence electrons. The predicted octanol–water partition coefficient (Wildman–Crippen LogP) is 3.92. The number of benzene rings is 1. The summed E-state index contributed by atoms with van der Waals surface area (Å²) in [4.78, 5) is 16.2. The zero-order chi connectivity index (χ0) is 18.5. The number of nitrogens with zero attached hydrogens (tertiary/aromatic N) is 2. The van der Waals surface area contributed by atoms with E-state index in [1.807, 2.05) is 30.3 Å². The van der Waals surface area contributed by atoms with Crippen molar-refractivity contribution in [1.82, 2.24) is 20.4 Å². The first-order valence-corrected chi connectivity index (χ1v) is 10.1. The summed E-state index contributed by atoms with van der Waals surface area (Å²) >= 11 is 1.80. The van der Waals surface area contributed by atoms with E-state index < -0.39 is 0 Å². The molecule has 1 aliphatic rings. The molecule has 4 rings (SSSR count). The summed E-state index contributed by atoms with van der Waals surface area (Å²) in [6, 6.07) is 14.0. The fourth-order valence-electron chi connectivity index (χ4n) is 3.39. The van der Waals surface area contributed by atoms with Gasteiger partial charge < -0.3 is 10.6 Å². The van der Waals surface area contributed by atoms with E-state index in [0.717, 1.165) is 49.4 Å². The minimum atomic E-state index is -0.145. The minimum Gasteiger partial charge on any atom is -0.335 e. The van der Waals surface area contributed by atoms with Crippen LogP contribution in [0.3, 0.4) is 0 Å². The van der Waals surface area contributed by atoms with Crippen molar-refractivity contribution < 1.29 is 4.79 Å². The monoisotopic (exact) mass is 381 g/mol. The van der Waals surface area contributed by atoms with Gasteiger partial charge in [-0.1, -0.05) is 18.2 Å². The summed E-state index contributed by atoms with van der Waals surface area (Å²) in [5.74, 6) is 0. The molecule has 0 aliphatic carbocycles. The second-order valence-electron chi connectivity index (χ2n) is 6.78. The SMILES string of the molecule is O=C(Nc1cccc(-c2ccn[nH]2)c1)NC1CCN(Cc2cccs2)CC1. The first-order valence-electron chi connectivity index (χ1n) is 9.18. The smallest absolute Gasteiger partial charge is 0.319 e. The second-order valence-corrected chi connectivity index (χ2v) is 7.81. The summed E-state index contributed by atoms with van der Waals surface area (Å²) in [5, 5.41) is 15.1. The highest BCUT2D eigenvalue weighted by Gasteiger charge is 2.21. The number of nitrogens with one attached hydrogen (secondary N) is 3. The van der Waals surface area contributed by atoms with Crippen LogP contribution in [0.25, 0.3) is 11.3 Å². The van der Waals surface area contributed by atoms with E-state index in [9.17, 15) is 4.79 Å². The number of anilines is 1. The summed E-state index contributed by atoms with van der Waals surface area (Å²) in [6.45, 7) is 3.04. The van der Waals surface area contributed by atoms with Gasteiger partial charge in [-0.2, -0.15) is 5.10 Å². The van der Waals surface area contributed by atoms with Crippen molar-refractivity contribution in [1.29, 1.82) is 0 Å². The van der Waals surface area contributed by atoms with Crippen LogP contribution < -0.4 is 10.6 Å². The molecule has 6 nitrogen and oxygen atoms in total. The highest BCUT2D eigenvalue weighted by atomic mass is 32.1. The van der Waals surface area contributed by atoms with E-state index in [-0.39, 0.29) is 12.1 Å². The molecular weight excluding hydrogens is 358 g/mol. The van der Waals surface area contributed by atoms with Gasteiger partial charge in [0.05, 0.1) is 5.69 Å². The summed E-state index contributed by atoms with van der Waals surface area (Å²) in [5.41, 5.74) is 2.69. The normalized spacial score (nSPS) is 15.6. The Bertz CT molecular complexity index is 854. The van der Waals surface area contributed by atoms with Crippen molar-refractivity contribution in [2.75, 3.05) is 18.4 Å². The van der Waals surface area contributed by atoms with Gasteiger partial charge in [0.2, 0.25) is 0 Å². The zero-order valence-electron chi connectivity index (χ0n) is 15.0. The van der Waals surface area contributed by atoms with Gasteiger partial charge in [0.15, 0.2) is 0 Å². The maximum absolute atomic E-state index is 12.4. The lowest BCUT2D eigenvalue weighted by Gasteiger charge is -2.32. The van der Waals surface area contributed by atoms with Crippen molar-refractivity contribution in [3.63, 3.8) is 0 Å². The van der Waals surface area contributed by atoms with Crippen molar-refractivity contribution in [2.45, 2.75) is 25.4 Å². The molecule has 0 atom stereocenters. The Labute approximate surface area is 162 Å². The first-order chi connectivity index (χ1) is 13.3. The summed E-state index contributed by atoms with van der Waals surface area (Å²) in [6.07, 6.45) is 3.67. The van der Waals surface area contributed by atoms with E-state index in [1.165, 1.54) is 4.88 Å². The van der Waals surface area contributed by atoms with Crippen LogP contribution in [0, 0.1) is 0 Å². The van der Waals surface area contributed by atoms with Gasteiger partial charge in [0.25, 0.3) is 0 Å². The molecular formula is C20H23N5OS. The summed E-state index contributed by atoms with van der Waals surface area (Å²) in [7, 11) is 0. The number of thiophene rings is 1. The van der Waals surface area contributed by atoms with Gasteiger partial charge in [0, 0.05) is 48.0 Å². The number of likely N-dealkylation sites (tertiary alicyclic amines) is 1. The van der Waals surface area contributed by atoms with E-state index in [2.05, 4.69) is 43.2 Å². The topological polar surface area (TPSA) is 73.0 Å². The molecule has 27 heavy (non-hydrogen) atoms. The number of urea groups is 1. The maximum Gasteiger partial charge on any atom is 0.319 e. The number of hydrogen-bond acceptors (Lipinski definition) is 4. The molecule has 3 aromatic rings. The minimum absolute atomic E-state index is 0.145. The van der Waals surface area contributed by atoms with Crippen molar-refractivity contribution >= 4 is 23.1 Å². The van der Waals surface area contributed by atoms with Gasteiger partial charge in [-0.25, -0.2) is 4.79 Å². The van der Waals surface area contributed by atoms with Crippen LogP contribution in [0.15, 0.2) is 54.0 Å². The average Bonchev–Trinajstić information content (AvgIpc) is 3.37. The Morgan fingerprint density at radius 1 is 1.22 bits per heavy atom. The van der Waals surface area contributed by atoms with Crippen LogP contribution >= 0.6 is 11.3 Å². The Hall–Kier alpha value is -2.64. The molecule has 1 fully saturated rings. The van der Waals surface area contributed by atoms with E-state index in [1.54, 1.807) is 17.5 Å². The predicted molar refractivity (Wildman–Crippen MR) is 109 cm³/mol. The number of amides is 2. The number of aromatic amines is 1. The third-order valence-corrected chi connectivity index (χ3v) is 5.68. The molecule has 3 heterocycles. The number of aromatic nitrogens is 2. The molecule has 1 saturated heterocycles. The molecule has 2 aromatic heterocycles. The second kappa shape index (κ2) is 8.37. The number of piperidine rings is 1. The first kappa shape index (κ1) is 17.8. The molecule has 0 unspecified atom stereocenters. The van der Waals surface area contributed by atoms with Crippen molar-refractivity contribution in [3.8, 4) is 11.3 Å². The van der Waals surface area contributed by atoms with Gasteiger partial charge >= 0.3 is 6.03 Å². The number of H-pyrrole nitrogens is 1. The maximum atomic E-state index is 12.4. The molecule has 3 N–H and O–H groups in total. The molecule has 0 bridgehead atoms. The number of hydrogen-bond donors (Lipinski definition) is 3. The zero-order valence-corrected chi connectivity index (χ0v) is 15.8. The van der Waals surface area contributed by atoms with Crippen molar-refractivity contribution in [2.24, 2.45) is 0 Å². The van der Waals surface area contributed by atoms with E-state index in [0.29, 0.717) is 0 Å². The highest BCUT2D eigenvalue weighted by Crippen LogP contribution is 2.21. The lowest BCUT2D eigenvalue weighted by Crippen LogP contribution is -2.45. The van der Waals surface area contributed by atoms with E-state index >= 15 is 0 Å². The molecule has 0 saturated carbocycles. The average molecular weight is 382 g/mol. The highest BCUT2D eigenvalue weighted by molar-refractivity contribution is 7.09. The Morgan fingerprint density at radius 3 is 2.85 bits per heavy atom. The Morgan fingerprint density at radius 2 is 2.11 bits per heavy atom.